The summed E-state index contributed by atoms with van der Waals surface area (Å²) in [5, 5.41) is 10.7. The van der Waals surface area contributed by atoms with Gasteiger partial charge in [-0.25, -0.2) is 4.98 Å². The fourth-order valence-electron chi connectivity index (χ4n) is 1.98. The summed E-state index contributed by atoms with van der Waals surface area (Å²) < 4.78 is 0. The zero-order chi connectivity index (χ0) is 14.8. The van der Waals surface area contributed by atoms with E-state index in [0.717, 1.165) is 0 Å². The Balaban J connectivity index is 2.07. The van der Waals surface area contributed by atoms with Gasteiger partial charge in [0, 0.05) is 16.7 Å². The highest BCUT2D eigenvalue weighted by molar-refractivity contribution is 6.30. The summed E-state index contributed by atoms with van der Waals surface area (Å²) in [5.74, 6) is -0.0417. The summed E-state index contributed by atoms with van der Waals surface area (Å²) in [6.07, 6.45) is 1.34. The molecule has 0 aliphatic rings. The fourth-order valence-corrected chi connectivity index (χ4v) is 2.10. The summed E-state index contributed by atoms with van der Waals surface area (Å²) >= 11 is 5.80. The van der Waals surface area contributed by atoms with Gasteiger partial charge in [0.15, 0.2) is 0 Å². The van der Waals surface area contributed by atoms with Crippen molar-refractivity contribution in [3.8, 4) is 0 Å². The molecule has 1 heterocycles. The average Bonchev–Trinajstić information content (AvgIpc) is 2.48. The highest BCUT2D eigenvalue weighted by Gasteiger charge is 2.05. The second-order valence-corrected chi connectivity index (χ2v) is 4.94. The minimum Gasteiger partial charge on any atom is -0.507 e. The van der Waals surface area contributed by atoms with Crippen molar-refractivity contribution in [2.24, 2.45) is 0 Å². The van der Waals surface area contributed by atoms with Crippen molar-refractivity contribution < 1.29 is 5.11 Å². The van der Waals surface area contributed by atoms with Crippen molar-refractivity contribution in [2.75, 3.05) is 0 Å². The van der Waals surface area contributed by atoms with Gasteiger partial charge in [-0.05, 0) is 36.4 Å². The first-order valence-electron chi connectivity index (χ1n) is 6.29. The third-order valence-electron chi connectivity index (χ3n) is 3.04. The van der Waals surface area contributed by atoms with E-state index < -0.39 is 0 Å². The van der Waals surface area contributed by atoms with Crippen LogP contribution in [-0.2, 0) is 0 Å². The van der Waals surface area contributed by atoms with Crippen LogP contribution in [0, 0.1) is 0 Å². The number of hydrogen-bond donors (Lipinski definition) is 2. The van der Waals surface area contributed by atoms with Crippen LogP contribution in [0.1, 0.15) is 11.3 Å². The molecular weight excluding hydrogens is 288 g/mol. The van der Waals surface area contributed by atoms with Gasteiger partial charge in [0.05, 0.1) is 11.0 Å². The molecule has 4 nitrogen and oxygen atoms in total. The molecule has 2 aromatic carbocycles. The average molecular weight is 299 g/mol. The fraction of sp³-hybridized carbons (Fsp3) is 0. The largest absolute Gasteiger partial charge is 0.507 e. The molecular formula is C16H11ClN2O2. The molecule has 0 amide bonds. The Morgan fingerprint density at radius 2 is 1.86 bits per heavy atom. The maximum Gasteiger partial charge on any atom is 0.274 e. The summed E-state index contributed by atoms with van der Waals surface area (Å²) in [6, 6.07) is 13.9. The number of fused-ring (bicyclic) bond motifs is 1. The van der Waals surface area contributed by atoms with Crippen LogP contribution in [0.5, 0.6) is 0 Å². The Hall–Kier alpha value is -2.59. The standard InChI is InChI=1S/C16H11ClN2O2/c17-11-7-5-10(6-8-11)15(20)9-14-16(21)19-13-4-2-1-3-12(13)18-14/h1-9,20H,(H,19,21). The van der Waals surface area contributed by atoms with Crippen molar-refractivity contribution >= 4 is 34.5 Å². The highest BCUT2D eigenvalue weighted by atomic mass is 35.5. The molecule has 5 heteroatoms. The Morgan fingerprint density at radius 3 is 2.62 bits per heavy atom. The number of aliphatic hydroxyl groups is 1. The van der Waals surface area contributed by atoms with E-state index in [1.807, 2.05) is 12.1 Å². The van der Waals surface area contributed by atoms with Crippen LogP contribution in [0.4, 0.5) is 0 Å². The van der Waals surface area contributed by atoms with E-state index in [0.29, 0.717) is 21.6 Å². The smallest absolute Gasteiger partial charge is 0.274 e. The molecule has 3 aromatic rings. The zero-order valence-corrected chi connectivity index (χ0v) is 11.6. The lowest BCUT2D eigenvalue weighted by Gasteiger charge is -2.02. The molecule has 2 N–H and O–H groups in total. The van der Waals surface area contributed by atoms with Crippen molar-refractivity contribution in [1.82, 2.24) is 9.97 Å². The molecule has 0 bridgehead atoms. The highest BCUT2D eigenvalue weighted by Crippen LogP contribution is 2.17. The van der Waals surface area contributed by atoms with Crippen LogP contribution in [0.25, 0.3) is 22.9 Å². The molecule has 0 saturated heterocycles. The van der Waals surface area contributed by atoms with E-state index in [2.05, 4.69) is 9.97 Å². The van der Waals surface area contributed by atoms with Crippen molar-refractivity contribution in [2.45, 2.75) is 0 Å². The number of aliphatic hydroxyl groups excluding tert-OH is 1. The van der Waals surface area contributed by atoms with Crippen LogP contribution >= 0.6 is 11.6 Å². The van der Waals surface area contributed by atoms with Crippen molar-refractivity contribution in [3.05, 3.63) is 75.2 Å². The Labute approximate surface area is 125 Å². The van der Waals surface area contributed by atoms with E-state index in [1.165, 1.54) is 6.08 Å². The number of aromatic nitrogens is 2. The van der Waals surface area contributed by atoms with Crippen LogP contribution in [0.3, 0.4) is 0 Å². The number of nitrogens with zero attached hydrogens (tertiary/aromatic N) is 1. The number of aromatic amines is 1. The number of halogens is 1. The van der Waals surface area contributed by atoms with Gasteiger partial charge in [0.25, 0.3) is 5.56 Å². The van der Waals surface area contributed by atoms with Crippen molar-refractivity contribution in [3.63, 3.8) is 0 Å². The van der Waals surface area contributed by atoms with Crippen LogP contribution in [0.2, 0.25) is 5.02 Å². The minimum atomic E-state index is -0.353. The topological polar surface area (TPSA) is 66.0 Å². The number of rotatable bonds is 2. The maximum absolute atomic E-state index is 12.0. The predicted molar refractivity (Wildman–Crippen MR) is 84.3 cm³/mol. The van der Waals surface area contributed by atoms with Gasteiger partial charge in [-0.1, -0.05) is 23.7 Å². The number of H-pyrrole nitrogens is 1. The predicted octanol–water partition coefficient (Wildman–Crippen LogP) is 3.63. The first-order chi connectivity index (χ1) is 10.1. The molecule has 0 saturated carbocycles. The minimum absolute atomic E-state index is 0.0417. The number of nitrogens with one attached hydrogen (secondary N) is 1. The Kier molecular flexibility index (Phi) is 3.46. The van der Waals surface area contributed by atoms with E-state index in [1.54, 1.807) is 36.4 Å². The van der Waals surface area contributed by atoms with Gasteiger partial charge in [-0.2, -0.15) is 0 Å². The van der Waals surface area contributed by atoms with Gasteiger partial charge in [0.2, 0.25) is 0 Å². The molecule has 0 spiro atoms. The molecule has 21 heavy (non-hydrogen) atoms. The monoisotopic (exact) mass is 298 g/mol. The summed E-state index contributed by atoms with van der Waals surface area (Å²) in [4.78, 5) is 18.9. The third-order valence-corrected chi connectivity index (χ3v) is 3.29. The SMILES string of the molecule is O=c1[nH]c2ccccc2nc1C=C(O)c1ccc(Cl)cc1. The van der Waals surface area contributed by atoms with Gasteiger partial charge in [0.1, 0.15) is 11.5 Å². The lowest BCUT2D eigenvalue weighted by Crippen LogP contribution is -2.12. The molecule has 0 aliphatic heterocycles. The number of benzene rings is 2. The summed E-state index contributed by atoms with van der Waals surface area (Å²) in [6.45, 7) is 0. The molecule has 0 radical (unpaired) electrons. The molecule has 0 atom stereocenters. The Morgan fingerprint density at radius 1 is 1.14 bits per heavy atom. The zero-order valence-electron chi connectivity index (χ0n) is 10.9. The second kappa shape index (κ2) is 5.42. The Bertz CT molecular complexity index is 883. The molecule has 1 aromatic heterocycles. The van der Waals surface area contributed by atoms with Gasteiger partial charge >= 0.3 is 0 Å². The van der Waals surface area contributed by atoms with E-state index in [9.17, 15) is 9.90 Å². The molecule has 104 valence electrons. The first-order valence-corrected chi connectivity index (χ1v) is 6.67. The summed E-state index contributed by atoms with van der Waals surface area (Å²) in [5.41, 5.74) is 1.68. The second-order valence-electron chi connectivity index (χ2n) is 4.50. The van der Waals surface area contributed by atoms with Gasteiger partial charge in [-0.15, -0.1) is 0 Å². The van der Waals surface area contributed by atoms with Gasteiger partial charge in [-0.3, -0.25) is 4.79 Å². The molecule has 0 fully saturated rings. The molecule has 3 rings (SSSR count). The normalized spacial score (nSPS) is 11.8. The maximum atomic E-state index is 12.0. The van der Waals surface area contributed by atoms with Crippen LogP contribution in [-0.4, -0.2) is 15.1 Å². The lowest BCUT2D eigenvalue weighted by molar-refractivity contribution is 0.515. The first kappa shape index (κ1) is 13.4. The number of hydrogen-bond acceptors (Lipinski definition) is 3. The van der Waals surface area contributed by atoms with Crippen molar-refractivity contribution in [1.29, 1.82) is 0 Å². The van der Waals surface area contributed by atoms with Crippen LogP contribution < -0.4 is 5.56 Å². The van der Waals surface area contributed by atoms with Crippen LogP contribution in [0.15, 0.2) is 53.3 Å². The number of para-hydroxylation sites is 2. The van der Waals surface area contributed by atoms with E-state index in [4.69, 9.17) is 11.6 Å². The van der Waals surface area contributed by atoms with Gasteiger partial charge < -0.3 is 10.1 Å². The van der Waals surface area contributed by atoms with E-state index >= 15 is 0 Å². The summed E-state index contributed by atoms with van der Waals surface area (Å²) in [7, 11) is 0. The molecule has 0 unspecified atom stereocenters. The third kappa shape index (κ3) is 2.80. The quantitative estimate of drug-likeness (QED) is 0.710. The molecule has 0 aliphatic carbocycles. The lowest BCUT2D eigenvalue weighted by atomic mass is 10.1. The van der Waals surface area contributed by atoms with E-state index in [-0.39, 0.29) is 17.0 Å².